The summed E-state index contributed by atoms with van der Waals surface area (Å²) in [6.45, 7) is 47.9. The van der Waals surface area contributed by atoms with Crippen molar-refractivity contribution in [2.45, 2.75) is 391 Å². The number of hydrogen-bond acceptors (Lipinski definition) is 19. The highest BCUT2D eigenvalue weighted by molar-refractivity contribution is 6.77. The molecule has 20 aliphatic rings. The Kier molecular flexibility index (Phi) is 24.1. The Morgan fingerprint density at radius 3 is 0.963 bits per heavy atom. The Morgan fingerprint density at radius 2 is 0.651 bits per heavy atom. The Hall–Kier alpha value is -1.58. The molecular formula is C84H145N3O19Si3. The first-order chi connectivity index (χ1) is 51.2. The Morgan fingerprint density at radius 1 is 0.358 bits per heavy atom. The van der Waals surface area contributed by atoms with Crippen LogP contribution in [0, 0.1) is 101 Å². The largest absolute Gasteiger partial charge is 0.359 e. The van der Waals surface area contributed by atoms with Gasteiger partial charge in [0.1, 0.15) is 0 Å². The Balaban J connectivity index is 0.000000144. The van der Waals surface area contributed by atoms with Crippen molar-refractivity contribution < 1.29 is 91.4 Å². The summed E-state index contributed by atoms with van der Waals surface area (Å²) in [6.07, 6.45) is 20.5. The minimum Gasteiger partial charge on any atom is -0.359 e. The van der Waals surface area contributed by atoms with Crippen molar-refractivity contribution in [3.05, 3.63) is 0 Å². The van der Waals surface area contributed by atoms with E-state index < -0.39 is 94.9 Å². The minimum atomic E-state index is -1.53. The van der Waals surface area contributed by atoms with Gasteiger partial charge in [-0.3, -0.25) is 14.4 Å². The molecule has 0 aromatic rings. The van der Waals surface area contributed by atoms with E-state index in [2.05, 4.69) is 130 Å². The second-order valence-corrected chi connectivity index (χ2v) is 59.2. The minimum absolute atomic E-state index is 0.00821. The number of carbonyl (C=O) groups excluding carboxylic acids is 3. The van der Waals surface area contributed by atoms with Gasteiger partial charge in [-0.1, -0.05) is 120 Å². The molecule has 4 saturated carbocycles. The third-order valence-electron chi connectivity index (χ3n) is 30.9. The molecule has 4 spiro atoms. The van der Waals surface area contributed by atoms with Gasteiger partial charge in [-0.05, 0) is 208 Å². The van der Waals surface area contributed by atoms with Gasteiger partial charge in [-0.2, -0.15) is 0 Å². The summed E-state index contributed by atoms with van der Waals surface area (Å²) in [4.78, 5) is 88.3. The fraction of sp³-hybridized carbons (Fsp3) is 0.964. The molecule has 622 valence electrons. The standard InChI is InChI=1S/C38H63NO9Si.C24H43NO5Si.C22H39NO5Si/c1-21-10-12-28-23(3)30(41-33-37(28)26(21)14-16-35(5,43-33)45-47-37)18-25(32(40)39-20-49(7,8)9)19-31-24(4)29-13-11-22(2)27-15-17-36(6)44-34(42-31)38(27,29)48-46-36;1-16-8-9-19-17(2)20(10-11-21(26)25-14-7-15-31(4,5)6)27-22-24(19)18(16)12-13-23(3,28-22)29-30-24;1-14-7-8-17-15(2)18(9-10-19(24)23-13-29(4,5)6)25-20-22(17)16(14)11-12-21(3,26-20)27-28-22/h21-31,33-34H,10-20H2,1-9H3,(H,39,40);16-20,22H,7-15H2,1-6H3,(H,25,26);14-18,20H,7-13H2,1-6H3,(H,23,24)/t21-,22-,23-,24-,26+,27+,28+,29+,30-,31-,33-,34-,35+,36+,37-,38-;16-,17-,18+,19+,20-,22-,23+,24-;14-,15-,16+,17+,18-,20-,21+,22-/m111/s1. The van der Waals surface area contributed by atoms with Crippen LogP contribution in [0.5, 0.6) is 0 Å². The summed E-state index contributed by atoms with van der Waals surface area (Å²) >= 11 is 0. The van der Waals surface area contributed by atoms with Crippen LogP contribution in [0.4, 0.5) is 0 Å². The molecule has 20 rings (SSSR count). The van der Waals surface area contributed by atoms with E-state index in [-0.39, 0.29) is 71.7 Å². The van der Waals surface area contributed by atoms with Crippen LogP contribution < -0.4 is 16.0 Å². The first-order valence-electron chi connectivity index (χ1n) is 43.8. The molecule has 0 aromatic carbocycles. The molecule has 16 heterocycles. The van der Waals surface area contributed by atoms with Crippen molar-refractivity contribution in [3.8, 4) is 0 Å². The van der Waals surface area contributed by atoms with Crippen LogP contribution in [0.25, 0.3) is 0 Å². The zero-order valence-electron chi connectivity index (χ0n) is 70.8. The molecule has 3 N–H and O–H groups in total. The second-order valence-electron chi connectivity index (χ2n) is 42.7. The van der Waals surface area contributed by atoms with Gasteiger partial charge in [0.2, 0.25) is 40.9 Å². The first kappa shape index (κ1) is 83.9. The zero-order valence-corrected chi connectivity index (χ0v) is 73.8. The van der Waals surface area contributed by atoms with Crippen LogP contribution in [0.15, 0.2) is 0 Å². The molecule has 109 heavy (non-hydrogen) atoms. The molecule has 0 aromatic heterocycles. The Labute approximate surface area is 656 Å². The normalized spacial score (nSPS) is 49.3. The Bertz CT molecular complexity index is 3140. The summed E-state index contributed by atoms with van der Waals surface area (Å²) in [5, 5.41) is 9.61. The maximum atomic E-state index is 14.3. The number of amides is 3. The van der Waals surface area contributed by atoms with E-state index >= 15 is 0 Å². The quantitative estimate of drug-likeness (QED) is 0.0619. The lowest BCUT2D eigenvalue weighted by Crippen LogP contribution is -2.70. The third-order valence-corrected chi connectivity index (χ3v) is 35.3. The van der Waals surface area contributed by atoms with Crippen LogP contribution in [0.3, 0.4) is 0 Å². The average molecular weight is 1590 g/mol. The smallest absolute Gasteiger partial charge is 0.223 e. The van der Waals surface area contributed by atoms with E-state index in [4.69, 9.17) is 77.0 Å². The van der Waals surface area contributed by atoms with Gasteiger partial charge in [0.05, 0.1) is 40.6 Å². The van der Waals surface area contributed by atoms with Crippen LogP contribution in [-0.2, 0) is 91.4 Å². The van der Waals surface area contributed by atoms with Crippen molar-refractivity contribution in [1.82, 2.24) is 16.0 Å². The van der Waals surface area contributed by atoms with Crippen molar-refractivity contribution >= 4 is 41.9 Å². The second kappa shape index (κ2) is 31.3. The van der Waals surface area contributed by atoms with Crippen molar-refractivity contribution in [3.63, 3.8) is 0 Å². The first-order valence-corrected chi connectivity index (χ1v) is 54.9. The highest BCUT2D eigenvalue weighted by atomic mass is 28.3. The maximum Gasteiger partial charge on any atom is 0.223 e. The summed E-state index contributed by atoms with van der Waals surface area (Å²) in [5.41, 5.74) is -2.25. The molecule has 16 saturated heterocycles. The van der Waals surface area contributed by atoms with Gasteiger partial charge in [0.25, 0.3) is 0 Å². The van der Waals surface area contributed by atoms with E-state index in [9.17, 15) is 14.4 Å². The number of nitrogens with one attached hydrogen (secondary N) is 3. The van der Waals surface area contributed by atoms with Gasteiger partial charge in [-0.15, -0.1) is 0 Å². The van der Waals surface area contributed by atoms with Gasteiger partial charge in [0, 0.05) is 95.1 Å². The lowest BCUT2D eigenvalue weighted by molar-refractivity contribution is -0.571. The van der Waals surface area contributed by atoms with Gasteiger partial charge in [0.15, 0.2) is 47.6 Å². The van der Waals surface area contributed by atoms with Gasteiger partial charge in [-0.25, -0.2) is 39.1 Å². The van der Waals surface area contributed by atoms with Gasteiger partial charge < -0.3 is 53.8 Å². The monoisotopic (exact) mass is 1580 g/mol. The van der Waals surface area contributed by atoms with E-state index in [1.165, 1.54) is 18.9 Å². The summed E-state index contributed by atoms with van der Waals surface area (Å²) in [7, 11) is -3.86. The number of fused-ring (bicyclic) bond motifs is 8. The van der Waals surface area contributed by atoms with E-state index in [1.54, 1.807) is 0 Å². The fourth-order valence-electron chi connectivity index (χ4n) is 24.4. The molecule has 0 unspecified atom stereocenters. The topological polar surface area (TPSA) is 235 Å². The number of carbonyl (C=O) groups is 3. The number of hydrogen-bond donors (Lipinski definition) is 3. The van der Waals surface area contributed by atoms with Crippen LogP contribution in [0.2, 0.25) is 65.0 Å². The van der Waals surface area contributed by atoms with Crippen LogP contribution in [-0.4, -0.2) is 156 Å². The third kappa shape index (κ3) is 16.1. The van der Waals surface area contributed by atoms with Gasteiger partial charge >= 0.3 is 0 Å². The summed E-state index contributed by atoms with van der Waals surface area (Å²) in [6, 6.07) is 1.25. The maximum absolute atomic E-state index is 14.3. The van der Waals surface area contributed by atoms with Crippen molar-refractivity contribution in [2.75, 3.05) is 18.9 Å². The fourth-order valence-corrected chi connectivity index (χ4v) is 27.1. The summed E-state index contributed by atoms with van der Waals surface area (Å²) < 4.78 is 53.4. The lowest BCUT2D eigenvalue weighted by Gasteiger charge is -2.61. The molecule has 32 atom stereocenters. The predicted molar refractivity (Wildman–Crippen MR) is 417 cm³/mol. The molecular weight excluding hydrogens is 1440 g/mol. The SMILES string of the molecule is C[C@H]1[C@@H](CC(C[C@H]2O[C@@H]3O[C@]4(C)CC[C@H]5[C@H](C)CC[C@@H]([C@H]2C)[C@@]35OO4)C(=O)NC[Si](C)(C)C)O[C@@H]2O[C@]3(C)CC[C@H]4[C@H](C)CC[C@@H]1[C@@]24OO3.C[C@H]1[C@@H](CCC(=O)NCCC[Si](C)(C)C)O[C@@H]2O[C@]3(C)CC[C@H]4[C@H](C)CC[C@@H]1[C@@]24OO3.C[C@H]1[C@@H](CCC(=O)NC[Si](C)(C)C)O[C@@H]2O[C@]3(C)CC[C@H]4[C@H](C)CC[C@@H]1[C@@]24OO3. The van der Waals surface area contributed by atoms with E-state index in [1.807, 2.05) is 27.7 Å². The zero-order chi connectivity index (χ0) is 78.2. The molecule has 25 heteroatoms. The number of rotatable bonds is 19. The molecule has 16 aliphatic heterocycles. The number of ether oxygens (including phenoxy) is 8. The summed E-state index contributed by atoms with van der Waals surface area (Å²) in [5.74, 6) is 2.59. The van der Waals surface area contributed by atoms with Crippen LogP contribution >= 0.6 is 0 Å². The molecule has 22 nitrogen and oxygen atoms in total. The van der Waals surface area contributed by atoms with Crippen molar-refractivity contribution in [2.24, 2.45) is 101 Å². The van der Waals surface area contributed by atoms with E-state index in [0.29, 0.717) is 96.7 Å². The molecule has 8 bridgehead atoms. The molecule has 20 fully saturated rings. The predicted octanol–water partition coefficient (Wildman–Crippen LogP) is 15.7. The van der Waals surface area contributed by atoms with Crippen molar-refractivity contribution in [1.29, 1.82) is 0 Å². The highest BCUT2D eigenvalue weighted by Gasteiger charge is 2.74. The van der Waals surface area contributed by atoms with E-state index in [0.717, 1.165) is 128 Å². The average Bonchev–Trinajstić information content (AvgIpc) is 1.68. The highest BCUT2D eigenvalue weighted by Crippen LogP contribution is 2.66. The molecule has 4 aliphatic carbocycles. The molecule has 3 amide bonds. The lowest BCUT2D eigenvalue weighted by atomic mass is 9.56. The molecule has 0 radical (unpaired) electrons. The van der Waals surface area contributed by atoms with Crippen LogP contribution in [0.1, 0.15) is 231 Å².